The highest BCUT2D eigenvalue weighted by atomic mass is 32.1. The summed E-state index contributed by atoms with van der Waals surface area (Å²) in [5.74, 6) is 0.337. The molecule has 1 aliphatic heterocycles. The minimum atomic E-state index is -4.75. The largest absolute Gasteiger partial charge is 0.573 e. The summed E-state index contributed by atoms with van der Waals surface area (Å²) in [5.41, 5.74) is 2.73. The van der Waals surface area contributed by atoms with E-state index in [1.54, 1.807) is 0 Å². The second-order valence-corrected chi connectivity index (χ2v) is 9.98. The Kier molecular flexibility index (Phi) is 6.85. The van der Waals surface area contributed by atoms with Gasteiger partial charge in [0.2, 0.25) is 5.95 Å². The van der Waals surface area contributed by atoms with Crippen LogP contribution in [0.4, 0.5) is 24.3 Å². The molecule has 0 aliphatic carbocycles. The maximum atomic E-state index is 12.8. The number of benzene rings is 2. The highest BCUT2D eigenvalue weighted by molar-refractivity contribution is 7.22. The SMILES string of the molecule is Cn1c(Nc2nc3ccc(OC(F)(F)F)cc3s2)nc2cc(C(=O)CCCN3CCCCC3)ccc21. The van der Waals surface area contributed by atoms with Gasteiger partial charge in [-0.05, 0) is 69.2 Å². The van der Waals surface area contributed by atoms with Gasteiger partial charge in [0.25, 0.3) is 0 Å². The number of hydrogen-bond acceptors (Lipinski definition) is 7. The zero-order valence-electron chi connectivity index (χ0n) is 19.8. The molecule has 190 valence electrons. The average molecular weight is 518 g/mol. The Hall–Kier alpha value is -3.18. The number of fused-ring (bicyclic) bond motifs is 2. The van der Waals surface area contributed by atoms with Crippen LogP contribution in [-0.2, 0) is 7.05 Å². The van der Waals surface area contributed by atoms with Crippen molar-refractivity contribution in [2.24, 2.45) is 7.05 Å². The molecule has 0 unspecified atom stereocenters. The summed E-state index contributed by atoms with van der Waals surface area (Å²) < 4.78 is 43.9. The molecule has 4 aromatic rings. The van der Waals surface area contributed by atoms with Crippen LogP contribution in [0.1, 0.15) is 42.5 Å². The number of rotatable bonds is 8. The molecule has 36 heavy (non-hydrogen) atoms. The molecule has 0 radical (unpaired) electrons. The lowest BCUT2D eigenvalue weighted by Gasteiger charge is -2.26. The van der Waals surface area contributed by atoms with Crippen LogP contribution in [0, 0.1) is 0 Å². The highest BCUT2D eigenvalue weighted by Gasteiger charge is 2.31. The molecule has 7 nitrogen and oxygen atoms in total. The minimum absolute atomic E-state index is 0.108. The second kappa shape index (κ2) is 10.1. The van der Waals surface area contributed by atoms with Gasteiger partial charge in [-0.1, -0.05) is 17.8 Å². The molecule has 0 spiro atoms. The summed E-state index contributed by atoms with van der Waals surface area (Å²) >= 11 is 1.20. The lowest BCUT2D eigenvalue weighted by molar-refractivity contribution is -0.274. The van der Waals surface area contributed by atoms with Crippen LogP contribution in [0.25, 0.3) is 21.3 Å². The zero-order valence-corrected chi connectivity index (χ0v) is 20.6. The fraction of sp³-hybridized carbons (Fsp3) is 0.400. The van der Waals surface area contributed by atoms with Crippen molar-refractivity contribution in [3.8, 4) is 5.75 Å². The number of thiazole rings is 1. The number of Topliss-reactive ketones (excluding diaryl/α,β-unsaturated/α-hetero) is 1. The number of carbonyl (C=O) groups is 1. The fourth-order valence-corrected chi connectivity index (χ4v) is 5.41. The van der Waals surface area contributed by atoms with Gasteiger partial charge in [-0.2, -0.15) is 0 Å². The van der Waals surface area contributed by atoms with Gasteiger partial charge in [-0.15, -0.1) is 13.2 Å². The number of nitrogens with one attached hydrogen (secondary N) is 1. The number of halogens is 3. The Labute approximate surface area is 209 Å². The summed E-state index contributed by atoms with van der Waals surface area (Å²) in [7, 11) is 1.85. The number of hydrogen-bond donors (Lipinski definition) is 1. The van der Waals surface area contributed by atoms with Gasteiger partial charge in [0.1, 0.15) is 5.75 Å². The van der Waals surface area contributed by atoms with E-state index < -0.39 is 6.36 Å². The lowest BCUT2D eigenvalue weighted by atomic mass is 10.0. The predicted octanol–water partition coefficient (Wildman–Crippen LogP) is 6.27. The number of aryl methyl sites for hydroxylation is 1. The molecule has 1 saturated heterocycles. The van der Waals surface area contributed by atoms with Crippen molar-refractivity contribution in [3.63, 3.8) is 0 Å². The molecule has 0 atom stereocenters. The van der Waals surface area contributed by atoms with Crippen LogP contribution in [0.5, 0.6) is 5.75 Å². The molecule has 2 aromatic heterocycles. The number of anilines is 2. The van der Waals surface area contributed by atoms with E-state index in [4.69, 9.17) is 0 Å². The topological polar surface area (TPSA) is 72.3 Å². The number of alkyl halides is 3. The van der Waals surface area contributed by atoms with E-state index in [2.05, 4.69) is 24.9 Å². The minimum Gasteiger partial charge on any atom is -0.406 e. The number of piperidine rings is 1. The number of likely N-dealkylation sites (tertiary alicyclic amines) is 1. The predicted molar refractivity (Wildman–Crippen MR) is 134 cm³/mol. The first kappa shape index (κ1) is 24.5. The summed E-state index contributed by atoms with van der Waals surface area (Å²) in [6.07, 6.45) is 0.383. The molecule has 3 heterocycles. The van der Waals surface area contributed by atoms with Crippen molar-refractivity contribution in [3.05, 3.63) is 42.0 Å². The molecule has 1 N–H and O–H groups in total. The van der Waals surface area contributed by atoms with Crippen molar-refractivity contribution in [1.29, 1.82) is 0 Å². The highest BCUT2D eigenvalue weighted by Crippen LogP contribution is 2.33. The number of aromatic nitrogens is 3. The van der Waals surface area contributed by atoms with Gasteiger partial charge >= 0.3 is 6.36 Å². The van der Waals surface area contributed by atoms with E-state index >= 15 is 0 Å². The van der Waals surface area contributed by atoms with Crippen LogP contribution in [-0.4, -0.2) is 51.2 Å². The van der Waals surface area contributed by atoms with Crippen LogP contribution in [0.15, 0.2) is 36.4 Å². The Bertz CT molecular complexity index is 1390. The summed E-state index contributed by atoms with van der Waals surface area (Å²) in [5, 5.41) is 3.63. The Morgan fingerprint density at radius 1 is 1.08 bits per heavy atom. The number of ketones is 1. The van der Waals surface area contributed by atoms with Crippen molar-refractivity contribution < 1.29 is 22.7 Å². The molecule has 1 aliphatic rings. The molecule has 5 rings (SSSR count). The molecule has 0 saturated carbocycles. The number of nitrogens with zero attached hydrogens (tertiary/aromatic N) is 4. The summed E-state index contributed by atoms with van der Waals surface area (Å²) in [6.45, 7) is 3.21. The van der Waals surface area contributed by atoms with E-state index in [-0.39, 0.29) is 11.5 Å². The fourth-order valence-electron chi connectivity index (χ4n) is 4.53. The molecule has 0 bridgehead atoms. The van der Waals surface area contributed by atoms with Crippen molar-refractivity contribution >= 4 is 49.4 Å². The molecule has 11 heteroatoms. The average Bonchev–Trinajstić information content (AvgIpc) is 3.38. The summed E-state index contributed by atoms with van der Waals surface area (Å²) in [6, 6.07) is 9.55. The van der Waals surface area contributed by atoms with Crippen molar-refractivity contribution in [1.82, 2.24) is 19.4 Å². The third-order valence-electron chi connectivity index (χ3n) is 6.34. The van der Waals surface area contributed by atoms with Gasteiger partial charge in [0.05, 0.1) is 21.3 Å². The van der Waals surface area contributed by atoms with Crippen LogP contribution in [0.3, 0.4) is 0 Å². The van der Waals surface area contributed by atoms with Crippen molar-refractivity contribution in [2.75, 3.05) is 25.0 Å². The van der Waals surface area contributed by atoms with E-state index in [0.717, 1.165) is 31.6 Å². The normalized spacial score (nSPS) is 15.0. The van der Waals surface area contributed by atoms with E-state index in [0.29, 0.717) is 38.8 Å². The molecular formula is C25H26F3N5O2S. The number of carbonyl (C=O) groups excluding carboxylic acids is 1. The van der Waals surface area contributed by atoms with E-state index in [9.17, 15) is 18.0 Å². The smallest absolute Gasteiger partial charge is 0.406 e. The lowest BCUT2D eigenvalue weighted by Crippen LogP contribution is -2.30. The first-order valence-electron chi connectivity index (χ1n) is 11.9. The van der Waals surface area contributed by atoms with E-state index in [1.807, 2.05) is 29.8 Å². The third-order valence-corrected chi connectivity index (χ3v) is 7.28. The molecular weight excluding hydrogens is 491 g/mol. The van der Waals surface area contributed by atoms with Gasteiger partial charge < -0.3 is 19.5 Å². The maximum Gasteiger partial charge on any atom is 0.573 e. The zero-order chi connectivity index (χ0) is 25.3. The van der Waals surface area contributed by atoms with Crippen LogP contribution >= 0.6 is 11.3 Å². The molecule has 2 aromatic carbocycles. The quantitative estimate of drug-likeness (QED) is 0.278. The Morgan fingerprint density at radius 2 is 1.89 bits per heavy atom. The monoisotopic (exact) mass is 517 g/mol. The molecule has 0 amide bonds. The molecule has 1 fully saturated rings. The van der Waals surface area contributed by atoms with Crippen LogP contribution < -0.4 is 10.1 Å². The number of imidazole rings is 1. The first-order valence-corrected chi connectivity index (χ1v) is 12.7. The van der Waals surface area contributed by atoms with E-state index in [1.165, 1.54) is 48.8 Å². The maximum absolute atomic E-state index is 12.8. The van der Waals surface area contributed by atoms with Gasteiger partial charge in [-0.3, -0.25) is 4.79 Å². The Balaban J connectivity index is 1.28. The third kappa shape index (κ3) is 5.62. The second-order valence-electron chi connectivity index (χ2n) is 8.95. The number of ether oxygens (including phenoxy) is 1. The van der Waals surface area contributed by atoms with Gasteiger partial charge in [0, 0.05) is 25.1 Å². The Morgan fingerprint density at radius 3 is 2.67 bits per heavy atom. The standard InChI is InChI=1S/C25H26F3N5O2S/c1-32-20-10-7-16(21(34)6-5-13-33-11-3-2-4-12-33)14-19(20)29-23(32)31-24-30-18-9-8-17(15-22(18)36-24)35-25(26,27)28/h7-10,14-15H,2-6,11-13H2,1H3,(H,29,30,31). The van der Waals surface area contributed by atoms with Gasteiger partial charge in [-0.25, -0.2) is 9.97 Å². The van der Waals surface area contributed by atoms with Gasteiger partial charge in [0.15, 0.2) is 10.9 Å². The summed E-state index contributed by atoms with van der Waals surface area (Å²) in [4.78, 5) is 24.3. The first-order chi connectivity index (χ1) is 17.2. The van der Waals surface area contributed by atoms with Crippen LogP contribution in [0.2, 0.25) is 0 Å². The van der Waals surface area contributed by atoms with Crippen molar-refractivity contribution in [2.45, 2.75) is 38.5 Å².